The lowest BCUT2D eigenvalue weighted by Crippen LogP contribution is -2.50. The predicted octanol–water partition coefficient (Wildman–Crippen LogP) is 3.17. The van der Waals surface area contributed by atoms with E-state index in [-0.39, 0.29) is 46.8 Å². The minimum atomic E-state index is -3.96. The number of amides is 1. The monoisotopic (exact) mass is 496 g/mol. The summed E-state index contributed by atoms with van der Waals surface area (Å²) in [5.41, 5.74) is 0.207. The van der Waals surface area contributed by atoms with Gasteiger partial charge in [0.25, 0.3) is 0 Å². The molecule has 174 valence electrons. The van der Waals surface area contributed by atoms with Crippen molar-refractivity contribution >= 4 is 32.4 Å². The number of benzene rings is 2. The number of hydrogen-bond donors (Lipinski definition) is 1. The van der Waals surface area contributed by atoms with Crippen LogP contribution >= 0.6 is 11.3 Å². The zero-order valence-electron chi connectivity index (χ0n) is 17.2. The van der Waals surface area contributed by atoms with E-state index in [1.807, 2.05) is 0 Å². The molecule has 0 bridgehead atoms. The van der Waals surface area contributed by atoms with Crippen LogP contribution in [0, 0.1) is 17.5 Å². The van der Waals surface area contributed by atoms with Crippen molar-refractivity contribution < 1.29 is 26.4 Å². The number of sulfonamides is 1. The molecule has 2 heterocycles. The molecule has 1 amide bonds. The molecular weight excluding hydrogens is 477 g/mol. The Hall–Kier alpha value is -2.80. The zero-order valence-corrected chi connectivity index (χ0v) is 18.8. The lowest BCUT2D eigenvalue weighted by atomic mass is 10.1. The van der Waals surface area contributed by atoms with Gasteiger partial charge in [0, 0.05) is 37.1 Å². The van der Waals surface area contributed by atoms with Gasteiger partial charge in [0.05, 0.1) is 12.2 Å². The van der Waals surface area contributed by atoms with Gasteiger partial charge in [-0.05, 0) is 30.3 Å². The minimum Gasteiger partial charge on any atom is -0.301 e. The van der Waals surface area contributed by atoms with Crippen molar-refractivity contribution in [2.24, 2.45) is 0 Å². The van der Waals surface area contributed by atoms with Crippen molar-refractivity contribution in [1.29, 1.82) is 0 Å². The molecule has 2 aromatic carbocycles. The van der Waals surface area contributed by atoms with Gasteiger partial charge >= 0.3 is 0 Å². The predicted molar refractivity (Wildman–Crippen MR) is 118 cm³/mol. The molecule has 7 nitrogen and oxygen atoms in total. The summed E-state index contributed by atoms with van der Waals surface area (Å²) in [5.74, 6) is -2.40. The van der Waals surface area contributed by atoms with Crippen LogP contribution in [-0.4, -0.2) is 61.2 Å². The third kappa shape index (κ3) is 5.24. The van der Waals surface area contributed by atoms with Gasteiger partial charge in [-0.1, -0.05) is 12.1 Å². The van der Waals surface area contributed by atoms with E-state index in [0.717, 1.165) is 35.6 Å². The molecule has 3 aromatic rings. The van der Waals surface area contributed by atoms with Crippen LogP contribution in [0.1, 0.15) is 0 Å². The molecule has 0 atom stereocenters. The number of rotatable bonds is 6. The molecule has 0 radical (unpaired) electrons. The van der Waals surface area contributed by atoms with Crippen molar-refractivity contribution in [3.63, 3.8) is 0 Å². The van der Waals surface area contributed by atoms with Crippen LogP contribution in [0.2, 0.25) is 0 Å². The summed E-state index contributed by atoms with van der Waals surface area (Å²) in [6.07, 6.45) is 0. The summed E-state index contributed by atoms with van der Waals surface area (Å²) in [5, 5.41) is 4.37. The molecule has 0 saturated carbocycles. The quantitative estimate of drug-likeness (QED) is 0.567. The lowest BCUT2D eigenvalue weighted by Gasteiger charge is -2.33. The first-order chi connectivity index (χ1) is 15.7. The SMILES string of the molecule is O=C(CN1CCN(S(=O)(=O)c2ccccc2F)CC1)Nc1nc(-c2cc(F)ccc2F)cs1. The van der Waals surface area contributed by atoms with E-state index in [9.17, 15) is 26.4 Å². The number of anilines is 1. The number of nitrogens with zero attached hydrogens (tertiary/aromatic N) is 3. The molecule has 1 aromatic heterocycles. The highest BCUT2D eigenvalue weighted by atomic mass is 32.2. The van der Waals surface area contributed by atoms with Gasteiger partial charge in [-0.3, -0.25) is 9.69 Å². The molecule has 33 heavy (non-hydrogen) atoms. The topological polar surface area (TPSA) is 82.6 Å². The number of thiazole rings is 1. The van der Waals surface area contributed by atoms with E-state index in [4.69, 9.17) is 0 Å². The molecular formula is C21H19F3N4O3S2. The molecule has 0 aliphatic carbocycles. The van der Waals surface area contributed by atoms with Crippen LogP contribution < -0.4 is 5.32 Å². The Bertz CT molecular complexity index is 1280. The molecule has 1 aliphatic rings. The third-order valence-electron chi connectivity index (χ3n) is 5.11. The number of piperazine rings is 1. The summed E-state index contributed by atoms with van der Waals surface area (Å²) in [4.78, 5) is 17.9. The molecule has 1 saturated heterocycles. The maximum atomic E-state index is 13.9. The fraction of sp³-hybridized carbons (Fsp3) is 0.238. The van der Waals surface area contributed by atoms with Gasteiger partial charge in [-0.25, -0.2) is 26.6 Å². The van der Waals surface area contributed by atoms with E-state index in [2.05, 4.69) is 10.3 Å². The maximum Gasteiger partial charge on any atom is 0.246 e. The second kappa shape index (κ2) is 9.59. The molecule has 0 spiro atoms. The molecule has 1 aliphatic heterocycles. The largest absolute Gasteiger partial charge is 0.301 e. The van der Waals surface area contributed by atoms with Crippen LogP contribution in [-0.2, 0) is 14.8 Å². The first kappa shape index (κ1) is 23.4. The van der Waals surface area contributed by atoms with E-state index in [0.29, 0.717) is 13.1 Å². The minimum absolute atomic E-state index is 0.000988. The van der Waals surface area contributed by atoms with E-state index < -0.39 is 27.5 Å². The lowest BCUT2D eigenvalue weighted by molar-refractivity contribution is -0.117. The summed E-state index contributed by atoms with van der Waals surface area (Å²) in [7, 11) is -3.96. The fourth-order valence-electron chi connectivity index (χ4n) is 3.43. The Labute approximate surface area is 192 Å². The Morgan fingerprint density at radius 3 is 2.48 bits per heavy atom. The summed E-state index contributed by atoms with van der Waals surface area (Å²) in [6, 6.07) is 8.26. The Kier molecular flexibility index (Phi) is 6.79. The molecule has 1 fully saturated rings. The van der Waals surface area contributed by atoms with Gasteiger partial charge in [-0.15, -0.1) is 11.3 Å². The summed E-state index contributed by atoms with van der Waals surface area (Å²) < 4.78 is 67.8. The van der Waals surface area contributed by atoms with Crippen LogP contribution in [0.25, 0.3) is 11.3 Å². The number of carbonyl (C=O) groups is 1. The molecule has 4 rings (SSSR count). The highest BCUT2D eigenvalue weighted by Crippen LogP contribution is 2.27. The van der Waals surface area contributed by atoms with Gasteiger partial charge in [0.15, 0.2) is 5.13 Å². The van der Waals surface area contributed by atoms with Gasteiger partial charge < -0.3 is 5.32 Å². The molecule has 0 unspecified atom stereocenters. The van der Waals surface area contributed by atoms with Crippen LogP contribution in [0.3, 0.4) is 0 Å². The number of aromatic nitrogens is 1. The first-order valence-corrected chi connectivity index (χ1v) is 12.2. The van der Waals surface area contributed by atoms with Crippen molar-refractivity contribution in [2.45, 2.75) is 4.90 Å². The number of nitrogens with one attached hydrogen (secondary N) is 1. The molecule has 1 N–H and O–H groups in total. The normalized spacial score (nSPS) is 15.5. The number of carbonyl (C=O) groups excluding carboxylic acids is 1. The number of hydrogen-bond acceptors (Lipinski definition) is 6. The standard InChI is InChI=1S/C21H19F3N4O3S2/c22-14-5-6-16(23)15(11-14)18-13-32-21(25-18)26-20(29)12-27-7-9-28(10-8-27)33(30,31)19-4-2-1-3-17(19)24/h1-6,11,13H,7-10,12H2,(H,25,26,29). The van der Waals surface area contributed by atoms with E-state index >= 15 is 0 Å². The fourth-order valence-corrected chi connectivity index (χ4v) is 5.65. The van der Waals surface area contributed by atoms with Crippen molar-refractivity contribution in [1.82, 2.24) is 14.2 Å². The highest BCUT2D eigenvalue weighted by molar-refractivity contribution is 7.89. The van der Waals surface area contributed by atoms with E-state index in [1.54, 1.807) is 4.90 Å². The third-order valence-corrected chi connectivity index (χ3v) is 7.80. The van der Waals surface area contributed by atoms with Gasteiger partial charge in [0.1, 0.15) is 22.3 Å². The summed E-state index contributed by atoms with van der Waals surface area (Å²) >= 11 is 1.08. The smallest absolute Gasteiger partial charge is 0.246 e. The van der Waals surface area contributed by atoms with Gasteiger partial charge in [0.2, 0.25) is 15.9 Å². The number of halogens is 3. The van der Waals surface area contributed by atoms with Crippen LogP contribution in [0.15, 0.2) is 52.7 Å². The average molecular weight is 497 g/mol. The van der Waals surface area contributed by atoms with Crippen LogP contribution in [0.5, 0.6) is 0 Å². The van der Waals surface area contributed by atoms with Crippen molar-refractivity contribution in [3.8, 4) is 11.3 Å². The highest BCUT2D eigenvalue weighted by Gasteiger charge is 2.31. The second-order valence-corrected chi connectivity index (χ2v) is 10.1. The summed E-state index contributed by atoms with van der Waals surface area (Å²) in [6.45, 7) is 0.808. The molecule has 12 heteroatoms. The zero-order chi connectivity index (χ0) is 23.6. The van der Waals surface area contributed by atoms with Gasteiger partial charge in [-0.2, -0.15) is 4.31 Å². The average Bonchev–Trinajstić information content (AvgIpc) is 3.24. The van der Waals surface area contributed by atoms with Crippen molar-refractivity contribution in [2.75, 3.05) is 38.0 Å². The Morgan fingerprint density at radius 2 is 1.76 bits per heavy atom. The van der Waals surface area contributed by atoms with E-state index in [1.165, 1.54) is 27.9 Å². The Balaban J connectivity index is 1.33. The van der Waals surface area contributed by atoms with Crippen molar-refractivity contribution in [3.05, 3.63) is 65.3 Å². The van der Waals surface area contributed by atoms with Crippen LogP contribution in [0.4, 0.5) is 18.3 Å². The first-order valence-electron chi connectivity index (χ1n) is 9.92. The second-order valence-electron chi connectivity index (χ2n) is 7.32. The Morgan fingerprint density at radius 1 is 1.03 bits per heavy atom. The maximum absolute atomic E-state index is 13.9.